The lowest BCUT2D eigenvalue weighted by Gasteiger charge is -2.14. The normalized spacial score (nSPS) is 14.1. The van der Waals surface area contributed by atoms with Crippen LogP contribution < -0.4 is 5.32 Å². The fourth-order valence-electron chi connectivity index (χ4n) is 5.67. The molecule has 0 amide bonds. The fraction of sp³-hybridized carbons (Fsp3) is 0.226. The Bertz CT molecular complexity index is 1830. The lowest BCUT2D eigenvalue weighted by molar-refractivity contribution is 0.331. The van der Waals surface area contributed by atoms with Gasteiger partial charge in [0.2, 0.25) is 0 Å². The van der Waals surface area contributed by atoms with E-state index in [1.807, 2.05) is 31.6 Å². The van der Waals surface area contributed by atoms with E-state index in [2.05, 4.69) is 53.6 Å². The average molecular weight is 533 g/mol. The molecule has 0 unspecified atom stereocenters. The van der Waals surface area contributed by atoms with Gasteiger partial charge in [-0.05, 0) is 91.6 Å². The number of rotatable bonds is 7. The number of aromatic nitrogens is 6. The molecule has 0 atom stereocenters. The molecule has 8 nitrogen and oxygen atoms in total. The zero-order valence-electron chi connectivity index (χ0n) is 22.2. The van der Waals surface area contributed by atoms with E-state index in [0.717, 1.165) is 75.1 Å². The Labute approximate surface area is 230 Å². The van der Waals surface area contributed by atoms with Gasteiger partial charge < -0.3 is 10.3 Å². The van der Waals surface area contributed by atoms with Crippen molar-refractivity contribution in [1.82, 2.24) is 40.3 Å². The molecular weight excluding hydrogens is 503 g/mol. The van der Waals surface area contributed by atoms with Crippen molar-refractivity contribution in [3.8, 4) is 33.8 Å². The van der Waals surface area contributed by atoms with Crippen molar-refractivity contribution in [1.29, 1.82) is 0 Å². The summed E-state index contributed by atoms with van der Waals surface area (Å²) in [7, 11) is 1.84. The Morgan fingerprint density at radius 1 is 0.875 bits per heavy atom. The van der Waals surface area contributed by atoms with E-state index in [1.165, 1.54) is 30.5 Å². The zero-order chi connectivity index (χ0) is 27.1. The summed E-state index contributed by atoms with van der Waals surface area (Å²) in [5, 5.41) is 11.8. The van der Waals surface area contributed by atoms with Gasteiger partial charge in [0.25, 0.3) is 0 Å². The highest BCUT2D eigenvalue weighted by Crippen LogP contribution is 2.33. The number of aromatic amines is 2. The van der Waals surface area contributed by atoms with E-state index in [-0.39, 0.29) is 5.82 Å². The van der Waals surface area contributed by atoms with Crippen LogP contribution in [-0.2, 0) is 13.1 Å². The number of nitrogens with one attached hydrogen (secondary N) is 3. The number of fused-ring (bicyclic) bond motifs is 2. The summed E-state index contributed by atoms with van der Waals surface area (Å²) < 4.78 is 14.4. The quantitative estimate of drug-likeness (QED) is 0.245. The van der Waals surface area contributed by atoms with Crippen molar-refractivity contribution >= 4 is 21.9 Å². The molecule has 0 radical (unpaired) electrons. The molecular formula is C31H29FN8. The van der Waals surface area contributed by atoms with Gasteiger partial charge in [-0.2, -0.15) is 5.10 Å². The maximum Gasteiger partial charge on any atom is 0.159 e. The molecule has 0 bridgehead atoms. The molecule has 5 heterocycles. The van der Waals surface area contributed by atoms with Crippen LogP contribution in [0.25, 0.3) is 55.7 Å². The van der Waals surface area contributed by atoms with E-state index >= 15 is 0 Å². The Kier molecular flexibility index (Phi) is 6.30. The van der Waals surface area contributed by atoms with Crippen molar-refractivity contribution in [2.45, 2.75) is 25.9 Å². The van der Waals surface area contributed by atoms with Gasteiger partial charge in [-0.15, -0.1) is 0 Å². The van der Waals surface area contributed by atoms with Gasteiger partial charge in [0.05, 0.1) is 22.7 Å². The van der Waals surface area contributed by atoms with Crippen molar-refractivity contribution < 1.29 is 4.39 Å². The van der Waals surface area contributed by atoms with Gasteiger partial charge in [0, 0.05) is 48.2 Å². The molecule has 3 N–H and O–H groups in total. The standard InChI is InChI=1S/C31H29FN8/c1-33-13-19-8-22(11-24(32)10-19)26-16-35-17-28-29(26)37-31(36-28)30-25-12-21(4-5-27(25)38-39-30)23-9-20(14-34-15-23)18-40-6-2-3-7-40/h4-5,8-12,14-17,33H,2-3,6-7,13,18H2,1H3,(H,36,37)(H,38,39). The van der Waals surface area contributed by atoms with E-state index in [4.69, 9.17) is 4.98 Å². The van der Waals surface area contributed by atoms with Crippen molar-refractivity contribution in [2.24, 2.45) is 0 Å². The Hall–Kier alpha value is -4.47. The van der Waals surface area contributed by atoms with Crippen LogP contribution in [0, 0.1) is 5.82 Å². The number of nitrogens with zero attached hydrogens (tertiary/aromatic N) is 5. The summed E-state index contributed by atoms with van der Waals surface area (Å²) in [6, 6.07) is 13.5. The highest BCUT2D eigenvalue weighted by molar-refractivity contribution is 5.98. The molecule has 0 saturated carbocycles. The smallest absolute Gasteiger partial charge is 0.159 e. The number of hydrogen-bond acceptors (Lipinski definition) is 6. The van der Waals surface area contributed by atoms with Gasteiger partial charge >= 0.3 is 0 Å². The number of H-pyrrole nitrogens is 2. The first-order valence-electron chi connectivity index (χ1n) is 13.6. The Balaban J connectivity index is 1.27. The van der Waals surface area contributed by atoms with Crippen LogP contribution in [-0.4, -0.2) is 55.2 Å². The number of pyridine rings is 2. The number of likely N-dealkylation sites (tertiary alicyclic amines) is 1. The monoisotopic (exact) mass is 532 g/mol. The molecule has 1 fully saturated rings. The van der Waals surface area contributed by atoms with E-state index in [9.17, 15) is 4.39 Å². The third-order valence-electron chi connectivity index (χ3n) is 7.56. The predicted octanol–water partition coefficient (Wildman–Crippen LogP) is 5.68. The van der Waals surface area contributed by atoms with E-state index in [1.54, 1.807) is 12.4 Å². The molecule has 1 saturated heterocycles. The summed E-state index contributed by atoms with van der Waals surface area (Å²) in [6.07, 6.45) is 9.88. The van der Waals surface area contributed by atoms with Crippen molar-refractivity contribution in [3.05, 3.63) is 84.2 Å². The second-order valence-corrected chi connectivity index (χ2v) is 10.4. The highest BCUT2D eigenvalue weighted by atomic mass is 19.1. The number of benzene rings is 2. The van der Waals surface area contributed by atoms with E-state index in [0.29, 0.717) is 12.4 Å². The van der Waals surface area contributed by atoms with E-state index < -0.39 is 0 Å². The maximum atomic E-state index is 14.4. The minimum Gasteiger partial charge on any atom is -0.335 e. The third kappa shape index (κ3) is 4.63. The maximum absolute atomic E-state index is 14.4. The topological polar surface area (TPSA) is 98.4 Å². The number of hydrogen-bond donors (Lipinski definition) is 3. The van der Waals surface area contributed by atoms with Crippen LogP contribution in [0.2, 0.25) is 0 Å². The van der Waals surface area contributed by atoms with Gasteiger partial charge in [-0.25, -0.2) is 9.37 Å². The van der Waals surface area contributed by atoms with Crippen molar-refractivity contribution in [2.75, 3.05) is 20.1 Å². The molecule has 1 aliphatic heterocycles. The first kappa shape index (κ1) is 24.6. The molecule has 0 aliphatic carbocycles. The first-order chi connectivity index (χ1) is 19.6. The molecule has 2 aromatic carbocycles. The minimum absolute atomic E-state index is 0.291. The second kappa shape index (κ2) is 10.3. The van der Waals surface area contributed by atoms with Crippen LogP contribution in [0.5, 0.6) is 0 Å². The van der Waals surface area contributed by atoms with Gasteiger partial charge in [0.1, 0.15) is 11.5 Å². The van der Waals surface area contributed by atoms with Crippen LogP contribution in [0.1, 0.15) is 24.0 Å². The van der Waals surface area contributed by atoms with Crippen LogP contribution in [0.4, 0.5) is 4.39 Å². The largest absolute Gasteiger partial charge is 0.335 e. The molecule has 1 aliphatic rings. The lowest BCUT2D eigenvalue weighted by atomic mass is 10.0. The predicted molar refractivity (Wildman–Crippen MR) is 155 cm³/mol. The van der Waals surface area contributed by atoms with Gasteiger partial charge in [-0.3, -0.25) is 20.0 Å². The summed E-state index contributed by atoms with van der Waals surface area (Å²) >= 11 is 0. The summed E-state index contributed by atoms with van der Waals surface area (Å²) in [6.45, 7) is 3.80. The molecule has 40 heavy (non-hydrogen) atoms. The minimum atomic E-state index is -0.291. The third-order valence-corrected chi connectivity index (χ3v) is 7.56. The summed E-state index contributed by atoms with van der Waals surface area (Å²) in [5.41, 5.74) is 8.84. The second-order valence-electron chi connectivity index (χ2n) is 10.4. The number of halogens is 1. The lowest BCUT2D eigenvalue weighted by Crippen LogP contribution is -2.18. The first-order valence-corrected chi connectivity index (χ1v) is 13.6. The van der Waals surface area contributed by atoms with Crippen LogP contribution >= 0.6 is 0 Å². The van der Waals surface area contributed by atoms with Gasteiger partial charge in [0.15, 0.2) is 5.82 Å². The van der Waals surface area contributed by atoms with Gasteiger partial charge in [-0.1, -0.05) is 6.07 Å². The van der Waals surface area contributed by atoms with Crippen molar-refractivity contribution in [3.63, 3.8) is 0 Å². The molecule has 7 rings (SSSR count). The zero-order valence-corrected chi connectivity index (χ0v) is 22.2. The molecule has 6 aromatic rings. The Morgan fingerprint density at radius 2 is 1.73 bits per heavy atom. The molecule has 200 valence electrons. The van der Waals surface area contributed by atoms with Crippen LogP contribution in [0.15, 0.2) is 67.3 Å². The Morgan fingerprint density at radius 3 is 2.60 bits per heavy atom. The highest BCUT2D eigenvalue weighted by Gasteiger charge is 2.17. The molecule has 0 spiro atoms. The number of imidazole rings is 1. The van der Waals surface area contributed by atoms with Crippen LogP contribution in [0.3, 0.4) is 0 Å². The molecule has 4 aromatic heterocycles. The molecule has 9 heteroatoms. The SMILES string of the molecule is CNCc1cc(F)cc(-c2cncc3[nH]c(-c4n[nH]c5ccc(-c6cncc(CN7CCCC7)c6)cc45)nc23)c1. The summed E-state index contributed by atoms with van der Waals surface area (Å²) in [4.78, 5) is 19.7. The fourth-order valence-corrected chi connectivity index (χ4v) is 5.67. The summed E-state index contributed by atoms with van der Waals surface area (Å²) in [5.74, 6) is 0.334. The average Bonchev–Trinajstić information content (AvgIpc) is 3.72.